The highest BCUT2D eigenvalue weighted by atomic mass is 32.2. The predicted molar refractivity (Wildman–Crippen MR) is 135 cm³/mol. The Bertz CT molecular complexity index is 932. The minimum Gasteiger partial charge on any atom is -0.491 e. The molecule has 0 saturated heterocycles. The summed E-state index contributed by atoms with van der Waals surface area (Å²) < 4.78 is 38.0. The van der Waals surface area contributed by atoms with E-state index in [1.54, 1.807) is 37.3 Å². The molecule has 192 valence electrons. The Morgan fingerprint density at radius 3 is 2.50 bits per heavy atom. The molecule has 34 heavy (non-hydrogen) atoms. The Morgan fingerprint density at radius 1 is 1.15 bits per heavy atom. The zero-order chi connectivity index (χ0) is 24.9. The van der Waals surface area contributed by atoms with Crippen molar-refractivity contribution < 1.29 is 22.7 Å². The molecule has 1 aromatic rings. The van der Waals surface area contributed by atoms with Gasteiger partial charge in [0.05, 0.1) is 23.6 Å². The van der Waals surface area contributed by atoms with Gasteiger partial charge in [-0.2, -0.15) is 0 Å². The molecular weight excluding hydrogens is 454 g/mol. The van der Waals surface area contributed by atoms with Gasteiger partial charge in [0.25, 0.3) is 5.91 Å². The smallest absolute Gasteiger partial charge is 0.257 e. The molecule has 0 aromatic heterocycles. The highest BCUT2D eigenvalue weighted by Gasteiger charge is 2.29. The number of likely N-dealkylation sites (N-methyl/N-ethyl adjacent to an activating group) is 1. The third kappa shape index (κ3) is 7.33. The van der Waals surface area contributed by atoms with E-state index in [-0.39, 0.29) is 24.0 Å². The van der Waals surface area contributed by atoms with Gasteiger partial charge >= 0.3 is 0 Å². The lowest BCUT2D eigenvalue weighted by Gasteiger charge is -2.38. The van der Waals surface area contributed by atoms with E-state index in [0.717, 1.165) is 19.3 Å². The number of benzene rings is 1. The molecule has 0 radical (unpaired) electrons. The summed E-state index contributed by atoms with van der Waals surface area (Å²) in [5, 5.41) is 0. The highest BCUT2D eigenvalue weighted by Crippen LogP contribution is 2.29. The predicted octanol–water partition coefficient (Wildman–Crippen LogP) is 3.44. The van der Waals surface area contributed by atoms with E-state index in [1.807, 2.05) is 0 Å². The maximum absolute atomic E-state index is 13.3. The average molecular weight is 496 g/mol. The van der Waals surface area contributed by atoms with Gasteiger partial charge in [-0.3, -0.25) is 14.4 Å². The number of nitrogens with zero attached hydrogens (tertiary/aromatic N) is 2. The van der Waals surface area contributed by atoms with Gasteiger partial charge in [0.2, 0.25) is 10.0 Å². The standard InChI is InChI=1S/C25H41N3O5S/c1-18-14-28(15-20-9-7-6-8-10-20)19(2)17-33-23-13-21(26-34(5,30)31)11-12-22(23)25(29)27(3)16-24(18)32-4/h11-13,18-20,24,26H,6-10,14-17H2,1-5H3/t18-,19-,24+/m0/s1. The van der Waals surface area contributed by atoms with Gasteiger partial charge in [0.1, 0.15) is 12.4 Å². The number of anilines is 1. The van der Waals surface area contributed by atoms with Gasteiger partial charge in [0.15, 0.2) is 0 Å². The summed E-state index contributed by atoms with van der Waals surface area (Å²) >= 11 is 0. The molecule has 1 aliphatic heterocycles. The van der Waals surface area contributed by atoms with Crippen LogP contribution in [0.5, 0.6) is 5.75 Å². The molecule has 0 unspecified atom stereocenters. The molecule has 1 N–H and O–H groups in total. The maximum atomic E-state index is 13.3. The van der Waals surface area contributed by atoms with E-state index in [4.69, 9.17) is 9.47 Å². The molecule has 2 aliphatic rings. The lowest BCUT2D eigenvalue weighted by Crippen LogP contribution is -2.48. The van der Waals surface area contributed by atoms with E-state index in [9.17, 15) is 13.2 Å². The number of carbonyl (C=O) groups is 1. The van der Waals surface area contributed by atoms with Gasteiger partial charge in [-0.05, 0) is 43.7 Å². The third-order valence-corrected chi connectivity index (χ3v) is 7.70. The van der Waals surface area contributed by atoms with Gasteiger partial charge in [-0.25, -0.2) is 8.42 Å². The normalized spacial score (nSPS) is 26.2. The number of amides is 1. The summed E-state index contributed by atoms with van der Waals surface area (Å²) in [5.41, 5.74) is 0.787. The van der Waals surface area contributed by atoms with Crippen molar-refractivity contribution in [3.63, 3.8) is 0 Å². The zero-order valence-corrected chi connectivity index (χ0v) is 22.1. The molecular formula is C25H41N3O5S. The molecule has 0 spiro atoms. The summed E-state index contributed by atoms with van der Waals surface area (Å²) in [6.45, 7) is 7.12. The van der Waals surface area contributed by atoms with Crippen molar-refractivity contribution in [2.45, 2.75) is 58.1 Å². The minimum atomic E-state index is -3.45. The molecule has 1 amide bonds. The summed E-state index contributed by atoms with van der Waals surface area (Å²) in [4.78, 5) is 17.4. The first-order chi connectivity index (χ1) is 16.1. The minimum absolute atomic E-state index is 0.0926. The van der Waals surface area contributed by atoms with Crippen molar-refractivity contribution in [3.05, 3.63) is 23.8 Å². The molecule has 1 heterocycles. The first kappa shape index (κ1) is 26.8. The topological polar surface area (TPSA) is 88.2 Å². The zero-order valence-electron chi connectivity index (χ0n) is 21.2. The number of hydrogen-bond acceptors (Lipinski definition) is 6. The van der Waals surface area contributed by atoms with E-state index in [1.165, 1.54) is 32.1 Å². The molecule has 9 heteroatoms. The molecule has 1 aliphatic carbocycles. The van der Waals surface area contributed by atoms with Gasteiger partial charge in [-0.15, -0.1) is 0 Å². The Morgan fingerprint density at radius 2 is 1.85 bits per heavy atom. The van der Waals surface area contributed by atoms with Crippen molar-refractivity contribution >= 4 is 21.6 Å². The summed E-state index contributed by atoms with van der Waals surface area (Å²) in [5.74, 6) is 1.14. The van der Waals surface area contributed by atoms with Gasteiger partial charge < -0.3 is 14.4 Å². The maximum Gasteiger partial charge on any atom is 0.257 e. The van der Waals surface area contributed by atoms with Crippen LogP contribution in [-0.2, 0) is 14.8 Å². The van der Waals surface area contributed by atoms with E-state index >= 15 is 0 Å². The van der Waals surface area contributed by atoms with Crippen molar-refractivity contribution in [3.8, 4) is 5.75 Å². The lowest BCUT2D eigenvalue weighted by molar-refractivity contribution is 0.00690. The molecule has 0 bridgehead atoms. The van der Waals surface area contributed by atoms with Crippen LogP contribution < -0.4 is 9.46 Å². The second kappa shape index (κ2) is 11.7. The second-order valence-electron chi connectivity index (χ2n) is 10.1. The first-order valence-corrected chi connectivity index (χ1v) is 14.2. The average Bonchev–Trinajstić information content (AvgIpc) is 2.79. The van der Waals surface area contributed by atoms with Crippen LogP contribution in [0.1, 0.15) is 56.3 Å². The Kier molecular flexibility index (Phi) is 9.23. The molecule has 1 saturated carbocycles. The monoisotopic (exact) mass is 495 g/mol. The van der Waals surface area contributed by atoms with Crippen LogP contribution in [0.3, 0.4) is 0 Å². The summed E-state index contributed by atoms with van der Waals surface area (Å²) in [6, 6.07) is 4.95. The summed E-state index contributed by atoms with van der Waals surface area (Å²) in [6.07, 6.45) is 7.48. The molecule has 1 aromatic carbocycles. The molecule has 3 rings (SSSR count). The number of ether oxygens (including phenoxy) is 2. The van der Waals surface area contributed by atoms with Crippen molar-refractivity contribution in [2.75, 3.05) is 51.4 Å². The van der Waals surface area contributed by atoms with Crippen LogP contribution >= 0.6 is 0 Å². The fourth-order valence-corrected chi connectivity index (χ4v) is 5.64. The van der Waals surface area contributed by atoms with Crippen LogP contribution in [0.25, 0.3) is 0 Å². The number of sulfonamides is 1. The first-order valence-electron chi connectivity index (χ1n) is 12.3. The van der Waals surface area contributed by atoms with Crippen LogP contribution in [0.15, 0.2) is 18.2 Å². The number of methoxy groups -OCH3 is 1. The summed E-state index contributed by atoms with van der Waals surface area (Å²) in [7, 11) is 0.0279. The number of nitrogens with one attached hydrogen (secondary N) is 1. The number of fused-ring (bicyclic) bond motifs is 1. The van der Waals surface area contributed by atoms with Crippen LogP contribution in [0, 0.1) is 11.8 Å². The molecule has 3 atom stereocenters. The number of rotatable bonds is 5. The molecule has 8 nitrogen and oxygen atoms in total. The van der Waals surface area contributed by atoms with E-state index in [0.29, 0.717) is 36.1 Å². The van der Waals surface area contributed by atoms with Crippen LogP contribution in [0.2, 0.25) is 0 Å². The quantitative estimate of drug-likeness (QED) is 0.673. The number of hydrogen-bond donors (Lipinski definition) is 1. The van der Waals surface area contributed by atoms with E-state index in [2.05, 4.69) is 23.5 Å². The van der Waals surface area contributed by atoms with Crippen molar-refractivity contribution in [2.24, 2.45) is 11.8 Å². The fraction of sp³-hybridized carbons (Fsp3) is 0.720. The molecule has 1 fully saturated rings. The Hall–Kier alpha value is -1.84. The Labute approximate surface area is 205 Å². The Balaban J connectivity index is 1.91. The van der Waals surface area contributed by atoms with Crippen LogP contribution in [-0.4, -0.2) is 82.9 Å². The van der Waals surface area contributed by atoms with Crippen LogP contribution in [0.4, 0.5) is 5.69 Å². The fourth-order valence-electron chi connectivity index (χ4n) is 5.08. The highest BCUT2D eigenvalue weighted by molar-refractivity contribution is 7.92. The van der Waals surface area contributed by atoms with E-state index < -0.39 is 10.0 Å². The van der Waals surface area contributed by atoms with Gasteiger partial charge in [0, 0.05) is 45.9 Å². The second-order valence-corrected chi connectivity index (χ2v) is 11.9. The number of carbonyl (C=O) groups excluding carboxylic acids is 1. The van der Waals surface area contributed by atoms with Crippen molar-refractivity contribution in [1.82, 2.24) is 9.80 Å². The SMILES string of the molecule is CO[C@@H]1CN(C)C(=O)c2ccc(NS(C)(=O)=O)cc2OC[C@H](C)N(CC2CCCCC2)C[C@@H]1C. The largest absolute Gasteiger partial charge is 0.491 e. The third-order valence-electron chi connectivity index (χ3n) is 7.10. The van der Waals surface area contributed by atoms with Gasteiger partial charge in [-0.1, -0.05) is 26.2 Å². The van der Waals surface area contributed by atoms with Crippen molar-refractivity contribution in [1.29, 1.82) is 0 Å². The lowest BCUT2D eigenvalue weighted by atomic mass is 9.88.